The molecule has 0 atom stereocenters. The summed E-state index contributed by atoms with van der Waals surface area (Å²) in [6.07, 6.45) is 3.65. The van der Waals surface area contributed by atoms with Crippen LogP contribution in [0.5, 0.6) is 0 Å². The highest BCUT2D eigenvalue weighted by molar-refractivity contribution is 7.99. The van der Waals surface area contributed by atoms with Crippen LogP contribution in [0.1, 0.15) is 36.5 Å². The molecule has 6 nitrogen and oxygen atoms in total. The zero-order valence-electron chi connectivity index (χ0n) is 19.3. The number of amides is 2. The molecule has 32 heavy (non-hydrogen) atoms. The number of likely N-dealkylation sites (N-methyl/N-ethyl adjacent to an activating group) is 1. The fourth-order valence-electron chi connectivity index (χ4n) is 3.51. The molecule has 3 aromatic rings. The van der Waals surface area contributed by atoms with Crippen LogP contribution in [0.4, 0.5) is 5.69 Å². The molecule has 0 spiro atoms. The number of rotatable bonds is 8. The minimum Gasteiger partial charge on any atom is -0.336 e. The monoisotopic (exact) mass is 450 g/mol. The summed E-state index contributed by atoms with van der Waals surface area (Å²) in [5.41, 5.74) is 5.08. The van der Waals surface area contributed by atoms with Gasteiger partial charge in [0, 0.05) is 25.1 Å². The van der Waals surface area contributed by atoms with Crippen molar-refractivity contribution in [3.05, 3.63) is 71.5 Å². The van der Waals surface area contributed by atoms with E-state index in [1.807, 2.05) is 54.9 Å². The molecule has 0 aliphatic heterocycles. The number of imidazole rings is 1. The SMILES string of the molecule is Cc1cccc(C)c1NC(=O)CN(C)C(=O)CSc1nccn1-c1ccccc1C(C)C. The zero-order chi connectivity index (χ0) is 23.3. The molecule has 0 radical (unpaired) electrons. The number of aryl methyl sites for hydroxylation is 2. The molecule has 2 amide bonds. The number of para-hydroxylation sites is 2. The predicted molar refractivity (Wildman–Crippen MR) is 131 cm³/mol. The molecule has 0 aliphatic rings. The first-order chi connectivity index (χ1) is 15.3. The lowest BCUT2D eigenvalue weighted by atomic mass is 10.0. The summed E-state index contributed by atoms with van der Waals surface area (Å²) in [6.45, 7) is 8.22. The Balaban J connectivity index is 1.61. The third-order valence-electron chi connectivity index (χ3n) is 5.30. The minimum absolute atomic E-state index is 0.00219. The first-order valence-electron chi connectivity index (χ1n) is 10.6. The van der Waals surface area contributed by atoms with E-state index in [0.717, 1.165) is 27.7 Å². The van der Waals surface area contributed by atoms with Crippen molar-refractivity contribution < 1.29 is 9.59 Å². The van der Waals surface area contributed by atoms with Crippen LogP contribution in [-0.4, -0.2) is 45.6 Å². The average Bonchev–Trinajstić information content (AvgIpc) is 3.23. The molecule has 0 bridgehead atoms. The van der Waals surface area contributed by atoms with E-state index in [1.165, 1.54) is 22.2 Å². The van der Waals surface area contributed by atoms with Gasteiger partial charge in [0.15, 0.2) is 5.16 Å². The van der Waals surface area contributed by atoms with Gasteiger partial charge in [0.25, 0.3) is 0 Å². The summed E-state index contributed by atoms with van der Waals surface area (Å²) in [5, 5.41) is 3.68. The van der Waals surface area contributed by atoms with Crippen molar-refractivity contribution in [2.24, 2.45) is 0 Å². The normalized spacial score (nSPS) is 10.9. The van der Waals surface area contributed by atoms with Gasteiger partial charge in [0.2, 0.25) is 11.8 Å². The van der Waals surface area contributed by atoms with E-state index in [9.17, 15) is 9.59 Å². The third-order valence-corrected chi connectivity index (χ3v) is 6.25. The first-order valence-corrected chi connectivity index (χ1v) is 11.6. The largest absolute Gasteiger partial charge is 0.336 e. The summed E-state index contributed by atoms with van der Waals surface area (Å²) in [5.74, 6) is 0.234. The summed E-state index contributed by atoms with van der Waals surface area (Å²) in [7, 11) is 1.65. The topological polar surface area (TPSA) is 67.2 Å². The lowest BCUT2D eigenvalue weighted by molar-refractivity contribution is -0.131. The first kappa shape index (κ1) is 23.6. The van der Waals surface area contributed by atoms with Gasteiger partial charge in [0.1, 0.15) is 0 Å². The van der Waals surface area contributed by atoms with Crippen LogP contribution in [-0.2, 0) is 9.59 Å². The Morgan fingerprint density at radius 1 is 1.09 bits per heavy atom. The second-order valence-corrected chi connectivity index (χ2v) is 9.09. The number of carbonyl (C=O) groups excluding carboxylic acids is 2. The van der Waals surface area contributed by atoms with Crippen molar-refractivity contribution in [1.82, 2.24) is 14.5 Å². The molecule has 0 aliphatic carbocycles. The van der Waals surface area contributed by atoms with Gasteiger partial charge in [-0.25, -0.2) is 4.98 Å². The van der Waals surface area contributed by atoms with E-state index in [-0.39, 0.29) is 24.1 Å². The standard InChI is InChI=1S/C25H30N4O2S/c1-17(2)20-11-6-7-12-21(20)29-14-13-26-25(29)32-16-23(31)28(5)15-22(30)27-24-18(3)9-8-10-19(24)4/h6-14,17H,15-16H2,1-5H3,(H,27,30). The highest BCUT2D eigenvalue weighted by Crippen LogP contribution is 2.27. The Kier molecular flexibility index (Phi) is 7.75. The van der Waals surface area contributed by atoms with Crippen LogP contribution in [0, 0.1) is 13.8 Å². The van der Waals surface area contributed by atoms with Crippen LogP contribution >= 0.6 is 11.8 Å². The van der Waals surface area contributed by atoms with Crippen LogP contribution in [0.2, 0.25) is 0 Å². The zero-order valence-corrected chi connectivity index (χ0v) is 20.1. The number of benzene rings is 2. The van der Waals surface area contributed by atoms with Crippen LogP contribution in [0.25, 0.3) is 5.69 Å². The lowest BCUT2D eigenvalue weighted by Gasteiger charge is -2.18. The van der Waals surface area contributed by atoms with Gasteiger partial charge in [-0.3, -0.25) is 14.2 Å². The second-order valence-electron chi connectivity index (χ2n) is 8.15. The number of hydrogen-bond acceptors (Lipinski definition) is 4. The summed E-state index contributed by atoms with van der Waals surface area (Å²) in [4.78, 5) is 31.0. The van der Waals surface area contributed by atoms with Gasteiger partial charge in [-0.15, -0.1) is 0 Å². The Bertz CT molecular complexity index is 1090. The van der Waals surface area contributed by atoms with Crippen LogP contribution in [0.15, 0.2) is 60.0 Å². The van der Waals surface area contributed by atoms with Crippen LogP contribution in [0.3, 0.4) is 0 Å². The number of anilines is 1. The maximum absolute atomic E-state index is 12.7. The molecule has 0 unspecified atom stereocenters. The third kappa shape index (κ3) is 5.59. The van der Waals surface area contributed by atoms with Crippen molar-refractivity contribution in [2.45, 2.75) is 38.8 Å². The van der Waals surface area contributed by atoms with E-state index < -0.39 is 0 Å². The molecule has 168 valence electrons. The van der Waals surface area contributed by atoms with Gasteiger partial charge >= 0.3 is 0 Å². The molecule has 0 saturated heterocycles. The van der Waals surface area contributed by atoms with Crippen molar-refractivity contribution in [3.8, 4) is 5.69 Å². The predicted octanol–water partition coefficient (Wildman–Crippen LogP) is 4.80. The van der Waals surface area contributed by atoms with Gasteiger partial charge in [0.05, 0.1) is 18.0 Å². The van der Waals surface area contributed by atoms with Crippen molar-refractivity contribution >= 4 is 29.3 Å². The smallest absolute Gasteiger partial charge is 0.243 e. The maximum atomic E-state index is 12.7. The Labute approximate surface area is 194 Å². The summed E-state index contributed by atoms with van der Waals surface area (Å²) in [6, 6.07) is 14.1. The van der Waals surface area contributed by atoms with E-state index in [0.29, 0.717) is 5.92 Å². The number of nitrogens with one attached hydrogen (secondary N) is 1. The van der Waals surface area contributed by atoms with E-state index in [1.54, 1.807) is 13.2 Å². The van der Waals surface area contributed by atoms with Gasteiger partial charge in [-0.2, -0.15) is 0 Å². The Morgan fingerprint density at radius 3 is 2.47 bits per heavy atom. The molecule has 1 N–H and O–H groups in total. The fourth-order valence-corrected chi connectivity index (χ4v) is 4.41. The lowest BCUT2D eigenvalue weighted by Crippen LogP contribution is -2.36. The maximum Gasteiger partial charge on any atom is 0.243 e. The van der Waals surface area contributed by atoms with Crippen LogP contribution < -0.4 is 5.32 Å². The highest BCUT2D eigenvalue weighted by Gasteiger charge is 2.17. The molecular weight excluding hydrogens is 420 g/mol. The number of aromatic nitrogens is 2. The number of carbonyl (C=O) groups is 2. The van der Waals surface area contributed by atoms with Crippen molar-refractivity contribution in [2.75, 3.05) is 24.7 Å². The second kappa shape index (κ2) is 10.5. The average molecular weight is 451 g/mol. The molecule has 1 heterocycles. The minimum atomic E-state index is -0.212. The molecular formula is C25H30N4O2S. The molecule has 0 fully saturated rings. The van der Waals surface area contributed by atoms with E-state index in [2.05, 4.69) is 36.3 Å². The summed E-state index contributed by atoms with van der Waals surface area (Å²) < 4.78 is 2.01. The fraction of sp³-hybridized carbons (Fsp3) is 0.320. The van der Waals surface area contributed by atoms with E-state index in [4.69, 9.17) is 0 Å². The quantitative estimate of drug-likeness (QED) is 0.501. The van der Waals surface area contributed by atoms with Gasteiger partial charge in [-0.1, -0.05) is 62.0 Å². The van der Waals surface area contributed by atoms with E-state index >= 15 is 0 Å². The molecule has 0 saturated carbocycles. The number of nitrogens with zero attached hydrogens (tertiary/aromatic N) is 3. The Morgan fingerprint density at radius 2 is 1.78 bits per heavy atom. The molecule has 2 aromatic carbocycles. The Hall–Kier alpha value is -3.06. The highest BCUT2D eigenvalue weighted by atomic mass is 32.2. The van der Waals surface area contributed by atoms with Gasteiger partial charge in [-0.05, 0) is 42.5 Å². The number of hydrogen-bond donors (Lipinski definition) is 1. The summed E-state index contributed by atoms with van der Waals surface area (Å²) >= 11 is 1.37. The van der Waals surface area contributed by atoms with Crippen molar-refractivity contribution in [1.29, 1.82) is 0 Å². The number of thioether (sulfide) groups is 1. The molecule has 3 rings (SSSR count). The molecule has 7 heteroatoms. The van der Waals surface area contributed by atoms with Gasteiger partial charge < -0.3 is 10.2 Å². The van der Waals surface area contributed by atoms with Crippen molar-refractivity contribution in [3.63, 3.8) is 0 Å². The molecule has 1 aromatic heterocycles.